The first-order chi connectivity index (χ1) is 13.8. The van der Waals surface area contributed by atoms with Gasteiger partial charge in [-0.25, -0.2) is 9.48 Å². The van der Waals surface area contributed by atoms with Crippen molar-refractivity contribution < 1.29 is 4.74 Å². The molecule has 0 bridgehead atoms. The minimum absolute atomic E-state index is 0.340. The van der Waals surface area contributed by atoms with Crippen molar-refractivity contribution in [2.75, 3.05) is 7.11 Å². The fourth-order valence-corrected chi connectivity index (χ4v) is 3.17. The molecule has 0 saturated carbocycles. The summed E-state index contributed by atoms with van der Waals surface area (Å²) in [6, 6.07) is 26.7. The van der Waals surface area contributed by atoms with Gasteiger partial charge < -0.3 is 4.74 Å². The van der Waals surface area contributed by atoms with Crippen molar-refractivity contribution in [1.82, 2.24) is 14.8 Å². The second-order valence-electron chi connectivity index (χ2n) is 6.32. The van der Waals surface area contributed by atoms with Crippen molar-refractivity contribution in [1.29, 1.82) is 0 Å². The fourth-order valence-electron chi connectivity index (χ4n) is 3.17. The van der Waals surface area contributed by atoms with Crippen LogP contribution in [0.3, 0.4) is 0 Å². The lowest BCUT2D eigenvalue weighted by Gasteiger charge is -2.19. The van der Waals surface area contributed by atoms with Gasteiger partial charge in [0.2, 0.25) is 0 Å². The van der Waals surface area contributed by atoms with E-state index in [1.807, 2.05) is 84.9 Å². The van der Waals surface area contributed by atoms with E-state index in [4.69, 9.17) is 4.74 Å². The third-order valence-electron chi connectivity index (χ3n) is 4.58. The first-order valence-corrected chi connectivity index (χ1v) is 8.96. The molecule has 5 heteroatoms. The summed E-state index contributed by atoms with van der Waals surface area (Å²) in [5, 5.41) is 4.46. The monoisotopic (exact) mass is 369 g/mol. The van der Waals surface area contributed by atoms with Crippen molar-refractivity contribution >= 4 is 0 Å². The van der Waals surface area contributed by atoms with Crippen LogP contribution in [0.4, 0.5) is 0 Å². The van der Waals surface area contributed by atoms with E-state index in [9.17, 15) is 4.79 Å². The van der Waals surface area contributed by atoms with E-state index in [-0.39, 0.29) is 6.04 Å². The van der Waals surface area contributed by atoms with E-state index in [2.05, 4.69) is 10.1 Å². The molecule has 0 radical (unpaired) electrons. The van der Waals surface area contributed by atoms with Crippen molar-refractivity contribution in [3.05, 3.63) is 113 Å². The molecule has 0 unspecified atom stereocenters. The smallest absolute Gasteiger partial charge is 0.365 e. The summed E-state index contributed by atoms with van der Waals surface area (Å²) in [5.74, 6) is 0.748. The lowest BCUT2D eigenvalue weighted by atomic mass is 9.99. The van der Waals surface area contributed by atoms with Crippen LogP contribution in [-0.2, 0) is 0 Å². The number of hydrogen-bond acceptors (Lipinski definition) is 4. The largest absolute Gasteiger partial charge is 0.497 e. The second kappa shape index (κ2) is 7.88. The van der Waals surface area contributed by atoms with Crippen LogP contribution in [0.15, 0.2) is 95.9 Å². The van der Waals surface area contributed by atoms with Crippen LogP contribution < -0.4 is 10.4 Å². The molecule has 0 aliphatic heterocycles. The molecule has 138 valence electrons. The minimum atomic E-state index is -0.397. The molecule has 5 nitrogen and oxygen atoms in total. The Balaban J connectivity index is 1.78. The number of ether oxygens (including phenoxy) is 1. The molecule has 0 saturated heterocycles. The molecule has 0 N–H and O–H groups in total. The van der Waals surface area contributed by atoms with Crippen molar-refractivity contribution in [3.8, 4) is 17.0 Å². The summed E-state index contributed by atoms with van der Waals surface area (Å²) < 4.78 is 6.60. The van der Waals surface area contributed by atoms with Gasteiger partial charge in [-0.05, 0) is 35.4 Å². The number of benzene rings is 3. The Bertz CT molecular complexity index is 1070. The van der Waals surface area contributed by atoms with Crippen LogP contribution in [0.25, 0.3) is 11.3 Å². The van der Waals surface area contributed by atoms with E-state index in [0.717, 1.165) is 22.4 Å². The van der Waals surface area contributed by atoms with Gasteiger partial charge in [0, 0.05) is 5.56 Å². The van der Waals surface area contributed by atoms with Gasteiger partial charge in [-0.2, -0.15) is 10.1 Å². The molecule has 0 spiro atoms. The van der Waals surface area contributed by atoms with Crippen LogP contribution in [0.1, 0.15) is 17.2 Å². The predicted octanol–water partition coefficient (Wildman–Crippen LogP) is 3.95. The molecule has 1 heterocycles. The molecule has 0 amide bonds. The summed E-state index contributed by atoms with van der Waals surface area (Å²) in [6.07, 6.45) is 1.63. The Labute approximate surface area is 162 Å². The maximum absolute atomic E-state index is 12.9. The van der Waals surface area contributed by atoms with Crippen molar-refractivity contribution in [2.24, 2.45) is 0 Å². The van der Waals surface area contributed by atoms with Gasteiger partial charge in [-0.3, -0.25) is 0 Å². The van der Waals surface area contributed by atoms with Crippen molar-refractivity contribution in [2.45, 2.75) is 6.04 Å². The standard InChI is InChI=1S/C23H19N3O2/c1-28-20-14-12-17(13-15-20)21-16-24-26(23(27)25-21)22(18-8-4-2-5-9-18)19-10-6-3-7-11-19/h2-16,22H,1H3. The lowest BCUT2D eigenvalue weighted by Crippen LogP contribution is -2.30. The zero-order chi connectivity index (χ0) is 19.3. The summed E-state index contributed by atoms with van der Waals surface area (Å²) in [5.41, 5.74) is 2.90. The predicted molar refractivity (Wildman–Crippen MR) is 108 cm³/mol. The number of aromatic nitrogens is 3. The molecule has 0 fully saturated rings. The van der Waals surface area contributed by atoms with Gasteiger partial charge in [0.1, 0.15) is 11.8 Å². The van der Waals surface area contributed by atoms with Gasteiger partial charge in [-0.15, -0.1) is 0 Å². The van der Waals surface area contributed by atoms with Gasteiger partial charge in [0.05, 0.1) is 19.0 Å². The molecule has 0 atom stereocenters. The Morgan fingerprint density at radius 1 is 0.821 bits per heavy atom. The molecule has 0 aliphatic carbocycles. The second-order valence-corrected chi connectivity index (χ2v) is 6.32. The highest BCUT2D eigenvalue weighted by Gasteiger charge is 2.19. The van der Waals surface area contributed by atoms with Gasteiger partial charge in [0.25, 0.3) is 0 Å². The Hall–Kier alpha value is -3.73. The average Bonchev–Trinajstić information content (AvgIpc) is 2.77. The Morgan fingerprint density at radius 2 is 1.39 bits per heavy atom. The summed E-state index contributed by atoms with van der Waals surface area (Å²) in [7, 11) is 1.61. The first kappa shape index (κ1) is 17.7. The summed E-state index contributed by atoms with van der Waals surface area (Å²) >= 11 is 0. The highest BCUT2D eigenvalue weighted by Crippen LogP contribution is 2.25. The molecular weight excluding hydrogens is 350 g/mol. The lowest BCUT2D eigenvalue weighted by molar-refractivity contribution is 0.415. The summed E-state index contributed by atoms with van der Waals surface area (Å²) in [4.78, 5) is 17.2. The zero-order valence-corrected chi connectivity index (χ0v) is 15.4. The van der Waals surface area contributed by atoms with Gasteiger partial charge >= 0.3 is 5.69 Å². The van der Waals surface area contributed by atoms with E-state index in [1.165, 1.54) is 4.68 Å². The maximum Gasteiger partial charge on any atom is 0.365 e. The van der Waals surface area contributed by atoms with Crippen LogP contribution in [0, 0.1) is 0 Å². The average molecular weight is 369 g/mol. The number of methoxy groups -OCH3 is 1. The third-order valence-corrected chi connectivity index (χ3v) is 4.58. The van der Waals surface area contributed by atoms with E-state index < -0.39 is 5.69 Å². The van der Waals surface area contributed by atoms with E-state index in [1.54, 1.807) is 13.3 Å². The maximum atomic E-state index is 12.9. The van der Waals surface area contributed by atoms with Crippen LogP contribution in [0.2, 0.25) is 0 Å². The topological polar surface area (TPSA) is 57.0 Å². The fraction of sp³-hybridized carbons (Fsp3) is 0.0870. The van der Waals surface area contributed by atoms with Crippen molar-refractivity contribution in [3.63, 3.8) is 0 Å². The minimum Gasteiger partial charge on any atom is -0.497 e. The first-order valence-electron chi connectivity index (χ1n) is 8.96. The zero-order valence-electron chi connectivity index (χ0n) is 15.4. The summed E-state index contributed by atoms with van der Waals surface area (Å²) in [6.45, 7) is 0. The van der Waals surface area contributed by atoms with Crippen LogP contribution in [0.5, 0.6) is 5.75 Å². The number of rotatable bonds is 5. The molecule has 1 aromatic heterocycles. The molecule has 28 heavy (non-hydrogen) atoms. The SMILES string of the molecule is COc1ccc(-c2cnn(C(c3ccccc3)c3ccccc3)c(=O)n2)cc1. The normalized spacial score (nSPS) is 10.8. The van der Waals surface area contributed by atoms with Gasteiger partial charge in [0.15, 0.2) is 0 Å². The number of nitrogens with zero attached hydrogens (tertiary/aromatic N) is 3. The Morgan fingerprint density at radius 3 is 1.89 bits per heavy atom. The highest BCUT2D eigenvalue weighted by atomic mass is 16.5. The quantitative estimate of drug-likeness (QED) is 0.534. The van der Waals surface area contributed by atoms with E-state index in [0.29, 0.717) is 5.69 Å². The van der Waals surface area contributed by atoms with Crippen LogP contribution in [-0.4, -0.2) is 21.9 Å². The molecule has 4 rings (SSSR count). The van der Waals surface area contributed by atoms with E-state index >= 15 is 0 Å². The molecule has 3 aromatic carbocycles. The molecule has 4 aromatic rings. The van der Waals surface area contributed by atoms with Crippen LogP contribution >= 0.6 is 0 Å². The third kappa shape index (κ3) is 3.55. The highest BCUT2D eigenvalue weighted by molar-refractivity contribution is 5.58. The van der Waals surface area contributed by atoms with Gasteiger partial charge in [-0.1, -0.05) is 60.7 Å². The molecular formula is C23H19N3O2. The molecule has 0 aliphatic rings. The Kier molecular flexibility index (Phi) is 4.97. The number of hydrogen-bond donors (Lipinski definition) is 0.